The van der Waals surface area contributed by atoms with Crippen LogP contribution < -0.4 is 0 Å². The molecule has 1 heterocycles. The van der Waals surface area contributed by atoms with Crippen molar-refractivity contribution in [1.82, 2.24) is 4.90 Å². The van der Waals surface area contributed by atoms with E-state index in [-0.39, 0.29) is 5.97 Å². The Hall–Kier alpha value is -1.52. The fraction of sp³-hybridized carbons (Fsp3) is 0.733. The highest BCUT2D eigenvalue weighted by molar-refractivity contribution is 5.88. The van der Waals surface area contributed by atoms with Crippen LogP contribution in [0.4, 0.5) is 4.79 Å². The summed E-state index contributed by atoms with van der Waals surface area (Å²) >= 11 is 0. The molecule has 5 nitrogen and oxygen atoms in total. The van der Waals surface area contributed by atoms with Crippen molar-refractivity contribution in [2.24, 2.45) is 0 Å². The van der Waals surface area contributed by atoms with Crippen LogP contribution in [-0.2, 0) is 14.3 Å². The first-order valence-corrected chi connectivity index (χ1v) is 6.85. The molecule has 0 aromatic carbocycles. The summed E-state index contributed by atoms with van der Waals surface area (Å²) in [4.78, 5) is 25.8. The normalized spacial score (nSPS) is 21.8. The van der Waals surface area contributed by atoms with Crippen molar-refractivity contribution in [1.29, 1.82) is 0 Å². The van der Waals surface area contributed by atoms with E-state index in [2.05, 4.69) is 0 Å². The number of rotatable bonds is 3. The van der Waals surface area contributed by atoms with Gasteiger partial charge in [0.25, 0.3) is 0 Å². The third-order valence-corrected chi connectivity index (χ3v) is 3.29. The quantitative estimate of drug-likeness (QED) is 0.590. The van der Waals surface area contributed by atoms with E-state index in [1.165, 1.54) is 12.0 Å². The Morgan fingerprint density at radius 3 is 2.25 bits per heavy atom. The van der Waals surface area contributed by atoms with Crippen LogP contribution in [0.1, 0.15) is 47.5 Å². The molecule has 20 heavy (non-hydrogen) atoms. The first-order chi connectivity index (χ1) is 9.12. The number of hydrogen-bond acceptors (Lipinski definition) is 4. The predicted molar refractivity (Wildman–Crippen MR) is 76.4 cm³/mol. The third-order valence-electron chi connectivity index (χ3n) is 3.29. The van der Waals surface area contributed by atoms with Crippen molar-refractivity contribution in [3.63, 3.8) is 0 Å². The maximum Gasteiger partial charge on any atom is 0.411 e. The molecule has 0 aliphatic carbocycles. The van der Waals surface area contributed by atoms with E-state index in [4.69, 9.17) is 9.47 Å². The van der Waals surface area contributed by atoms with Crippen molar-refractivity contribution < 1.29 is 19.1 Å². The molecule has 1 aliphatic heterocycles. The second-order valence-corrected chi connectivity index (χ2v) is 6.39. The van der Waals surface area contributed by atoms with Gasteiger partial charge < -0.3 is 9.47 Å². The number of carbonyl (C=O) groups is 2. The number of likely N-dealkylation sites (tertiary alicyclic amines) is 1. The van der Waals surface area contributed by atoms with Crippen LogP contribution in [0.15, 0.2) is 11.6 Å². The fourth-order valence-electron chi connectivity index (χ4n) is 2.15. The Morgan fingerprint density at radius 1 is 1.30 bits per heavy atom. The molecule has 1 aliphatic rings. The number of nitrogens with zero attached hydrogens (tertiary/aromatic N) is 1. The Morgan fingerprint density at radius 2 is 1.90 bits per heavy atom. The van der Waals surface area contributed by atoms with Gasteiger partial charge in [0.05, 0.1) is 7.11 Å². The van der Waals surface area contributed by atoms with E-state index in [1.54, 1.807) is 20.8 Å². The average molecular weight is 283 g/mol. The maximum atomic E-state index is 12.2. The zero-order chi connectivity index (χ0) is 15.6. The number of methoxy groups -OCH3 is 1. The topological polar surface area (TPSA) is 55.8 Å². The predicted octanol–water partition coefficient (Wildman–Crippen LogP) is 2.90. The molecule has 1 atom stereocenters. The Balaban J connectivity index is 2.93. The minimum absolute atomic E-state index is 0.382. The SMILES string of the molecule is COC(=O)[C@@]1(CC=C(C)C)CCN1C(=O)OC(C)(C)C. The van der Waals surface area contributed by atoms with Crippen LogP contribution in [-0.4, -0.2) is 41.8 Å². The standard InChI is InChI=1S/C15H25NO4/c1-11(2)7-8-15(12(17)19-6)9-10-16(15)13(18)20-14(3,4)5/h7H,8-10H2,1-6H3/t15-/m1/s1. The summed E-state index contributed by atoms with van der Waals surface area (Å²) in [7, 11) is 1.35. The van der Waals surface area contributed by atoms with Gasteiger partial charge in [-0.15, -0.1) is 0 Å². The minimum atomic E-state index is -0.908. The summed E-state index contributed by atoms with van der Waals surface area (Å²) in [5, 5.41) is 0. The van der Waals surface area contributed by atoms with Crippen LogP contribution in [0.25, 0.3) is 0 Å². The Labute approximate surface area is 120 Å². The zero-order valence-electron chi connectivity index (χ0n) is 13.3. The van der Waals surface area contributed by atoms with E-state index in [9.17, 15) is 9.59 Å². The van der Waals surface area contributed by atoms with Crippen molar-refractivity contribution in [2.75, 3.05) is 13.7 Å². The molecule has 0 bridgehead atoms. The number of carbonyl (C=O) groups excluding carboxylic acids is 2. The lowest BCUT2D eigenvalue weighted by molar-refractivity contribution is -0.163. The Kier molecular flexibility index (Phi) is 4.84. The van der Waals surface area contributed by atoms with Crippen LogP contribution in [0.2, 0.25) is 0 Å². The summed E-state index contributed by atoms with van der Waals surface area (Å²) in [5.41, 5.74) is -0.385. The van der Waals surface area contributed by atoms with Crippen molar-refractivity contribution in [3.8, 4) is 0 Å². The van der Waals surface area contributed by atoms with E-state index in [1.807, 2.05) is 19.9 Å². The highest BCUT2D eigenvalue weighted by Crippen LogP contribution is 2.37. The van der Waals surface area contributed by atoms with Gasteiger partial charge >= 0.3 is 12.1 Å². The van der Waals surface area contributed by atoms with Gasteiger partial charge in [0, 0.05) is 6.54 Å². The van der Waals surface area contributed by atoms with Gasteiger partial charge in [0.1, 0.15) is 11.1 Å². The Bertz CT molecular complexity index is 418. The first kappa shape index (κ1) is 16.5. The summed E-state index contributed by atoms with van der Waals surface area (Å²) < 4.78 is 10.2. The molecule has 114 valence electrons. The van der Waals surface area contributed by atoms with Gasteiger partial charge in [0.15, 0.2) is 0 Å². The van der Waals surface area contributed by atoms with Crippen molar-refractivity contribution in [2.45, 2.75) is 58.6 Å². The summed E-state index contributed by atoms with van der Waals surface area (Å²) in [5.74, 6) is -0.382. The second kappa shape index (κ2) is 5.85. The number of allylic oxidation sites excluding steroid dienone is 1. The number of ether oxygens (including phenoxy) is 2. The highest BCUT2D eigenvalue weighted by Gasteiger charge is 2.54. The van der Waals surface area contributed by atoms with Crippen LogP contribution in [0.5, 0.6) is 0 Å². The summed E-state index contributed by atoms with van der Waals surface area (Å²) in [6, 6.07) is 0. The number of hydrogen-bond donors (Lipinski definition) is 0. The van der Waals surface area contributed by atoms with E-state index < -0.39 is 17.2 Å². The first-order valence-electron chi connectivity index (χ1n) is 6.85. The molecular weight excluding hydrogens is 258 g/mol. The molecule has 0 radical (unpaired) electrons. The van der Waals surface area contributed by atoms with Gasteiger partial charge in [-0.1, -0.05) is 11.6 Å². The fourth-order valence-corrected chi connectivity index (χ4v) is 2.15. The van der Waals surface area contributed by atoms with Crippen molar-refractivity contribution >= 4 is 12.1 Å². The van der Waals surface area contributed by atoms with Gasteiger partial charge in [-0.3, -0.25) is 4.90 Å². The largest absolute Gasteiger partial charge is 0.467 e. The molecule has 5 heteroatoms. The van der Waals surface area contributed by atoms with Gasteiger partial charge in [-0.25, -0.2) is 9.59 Å². The van der Waals surface area contributed by atoms with Crippen LogP contribution in [0.3, 0.4) is 0 Å². The van der Waals surface area contributed by atoms with Gasteiger partial charge in [-0.05, 0) is 47.5 Å². The maximum absolute atomic E-state index is 12.2. The molecule has 1 fully saturated rings. The minimum Gasteiger partial charge on any atom is -0.467 e. The van der Waals surface area contributed by atoms with Crippen LogP contribution in [0, 0.1) is 0 Å². The second-order valence-electron chi connectivity index (χ2n) is 6.39. The molecule has 0 aromatic heterocycles. The smallest absolute Gasteiger partial charge is 0.411 e. The number of esters is 1. The molecule has 0 saturated carbocycles. The molecule has 0 aromatic rings. The van der Waals surface area contributed by atoms with Gasteiger partial charge in [0.2, 0.25) is 0 Å². The van der Waals surface area contributed by atoms with E-state index in [0.29, 0.717) is 19.4 Å². The van der Waals surface area contributed by atoms with Gasteiger partial charge in [-0.2, -0.15) is 0 Å². The number of amides is 1. The lowest BCUT2D eigenvalue weighted by atomic mass is 9.81. The molecule has 0 spiro atoms. The van der Waals surface area contributed by atoms with E-state index >= 15 is 0 Å². The lowest BCUT2D eigenvalue weighted by Crippen LogP contribution is -2.67. The zero-order valence-corrected chi connectivity index (χ0v) is 13.3. The van der Waals surface area contributed by atoms with Crippen molar-refractivity contribution in [3.05, 3.63) is 11.6 Å². The monoisotopic (exact) mass is 283 g/mol. The molecule has 1 rings (SSSR count). The third kappa shape index (κ3) is 3.52. The lowest BCUT2D eigenvalue weighted by Gasteiger charge is -2.49. The summed E-state index contributed by atoms with van der Waals surface area (Å²) in [6.45, 7) is 9.85. The summed E-state index contributed by atoms with van der Waals surface area (Å²) in [6.07, 6.45) is 2.55. The molecule has 1 amide bonds. The van der Waals surface area contributed by atoms with Crippen LogP contribution >= 0.6 is 0 Å². The molecular formula is C15H25NO4. The molecule has 0 N–H and O–H groups in total. The molecule has 0 unspecified atom stereocenters. The molecule has 1 saturated heterocycles. The highest BCUT2D eigenvalue weighted by atomic mass is 16.6. The van der Waals surface area contributed by atoms with E-state index in [0.717, 1.165) is 5.57 Å². The average Bonchev–Trinajstić information content (AvgIpc) is 2.24.